The zero-order chi connectivity index (χ0) is 26.9. The highest BCUT2D eigenvalue weighted by Crippen LogP contribution is 2.31. The summed E-state index contributed by atoms with van der Waals surface area (Å²) in [7, 11) is 0. The van der Waals surface area contributed by atoms with E-state index in [4.69, 9.17) is 28.2 Å². The Hall–Kier alpha value is -2.58. The van der Waals surface area contributed by atoms with E-state index in [1.54, 1.807) is 6.07 Å². The molecule has 39 heavy (non-hydrogen) atoms. The van der Waals surface area contributed by atoms with E-state index >= 15 is 0 Å². The fraction of sp³-hybridized carbons (Fsp3) is 0.333. The molecule has 0 spiro atoms. The van der Waals surface area contributed by atoms with Crippen LogP contribution >= 0.6 is 39.1 Å². The summed E-state index contributed by atoms with van der Waals surface area (Å²) in [6.45, 7) is 5.31. The molecule has 0 bridgehead atoms. The van der Waals surface area contributed by atoms with E-state index in [2.05, 4.69) is 72.8 Å². The van der Waals surface area contributed by atoms with Gasteiger partial charge in [0.05, 0.1) is 34.2 Å². The lowest BCUT2D eigenvalue weighted by Crippen LogP contribution is -2.52. The minimum atomic E-state index is 0.00515. The van der Waals surface area contributed by atoms with E-state index in [0.29, 0.717) is 29.7 Å². The summed E-state index contributed by atoms with van der Waals surface area (Å²) in [4.78, 5) is 25.2. The monoisotopic (exact) mass is 625 g/mol. The summed E-state index contributed by atoms with van der Waals surface area (Å²) < 4.78 is 3.29. The predicted octanol–water partition coefficient (Wildman–Crippen LogP) is 6.66. The quantitative estimate of drug-likeness (QED) is 0.249. The molecule has 1 aromatic heterocycles. The van der Waals surface area contributed by atoms with Crippen LogP contribution in [0.25, 0.3) is 16.7 Å². The Bertz CT molecular complexity index is 1480. The highest BCUT2D eigenvalue weighted by atomic mass is 79.9. The van der Waals surface area contributed by atoms with Crippen molar-refractivity contribution in [1.82, 2.24) is 19.4 Å². The van der Waals surface area contributed by atoms with Crippen molar-refractivity contribution < 1.29 is 4.79 Å². The number of fused-ring (bicyclic) bond motifs is 1. The number of aromatic nitrogens is 2. The van der Waals surface area contributed by atoms with Crippen LogP contribution in [-0.4, -0.2) is 64.5 Å². The lowest BCUT2D eigenvalue weighted by atomic mass is 9.96. The Balaban J connectivity index is 1.14. The zero-order valence-electron chi connectivity index (χ0n) is 21.6. The van der Waals surface area contributed by atoms with Crippen LogP contribution in [0, 0.1) is 5.92 Å². The maximum Gasteiger partial charge on any atom is 0.227 e. The largest absolute Gasteiger partial charge is 0.367 e. The highest BCUT2D eigenvalue weighted by molar-refractivity contribution is 9.10. The maximum atomic E-state index is 13.6. The number of halogens is 3. The van der Waals surface area contributed by atoms with Crippen LogP contribution in [0.4, 0.5) is 5.69 Å². The Morgan fingerprint density at radius 2 is 1.72 bits per heavy atom. The van der Waals surface area contributed by atoms with E-state index in [1.807, 2.05) is 23.1 Å². The summed E-state index contributed by atoms with van der Waals surface area (Å²) in [5, 5.41) is 1.36. The molecule has 202 valence electrons. The molecule has 4 aromatic rings. The molecular formula is C30H30BrCl2N5O. The van der Waals surface area contributed by atoms with Gasteiger partial charge >= 0.3 is 0 Å². The van der Waals surface area contributed by atoms with Crippen LogP contribution in [0.5, 0.6) is 0 Å². The summed E-state index contributed by atoms with van der Waals surface area (Å²) in [5.41, 5.74) is 4.10. The molecule has 2 fully saturated rings. The van der Waals surface area contributed by atoms with E-state index < -0.39 is 0 Å². The van der Waals surface area contributed by atoms with Crippen LogP contribution in [0.1, 0.15) is 18.7 Å². The first kappa shape index (κ1) is 26.6. The predicted molar refractivity (Wildman–Crippen MR) is 162 cm³/mol. The van der Waals surface area contributed by atoms with Gasteiger partial charge in [-0.3, -0.25) is 14.3 Å². The number of imidazole rings is 1. The average molecular weight is 627 g/mol. The summed E-state index contributed by atoms with van der Waals surface area (Å²) >= 11 is 16.2. The number of carbonyl (C=O) groups excluding carboxylic acids is 1. The first-order valence-corrected chi connectivity index (χ1v) is 14.9. The number of nitrogens with zero attached hydrogens (tertiary/aromatic N) is 5. The number of hydrogen-bond donors (Lipinski definition) is 0. The Morgan fingerprint density at radius 3 is 2.51 bits per heavy atom. The number of hydrogen-bond acceptors (Lipinski definition) is 4. The minimum absolute atomic E-state index is 0.00515. The van der Waals surface area contributed by atoms with Gasteiger partial charge in [0.2, 0.25) is 5.91 Å². The fourth-order valence-corrected chi connectivity index (χ4v) is 6.48. The van der Waals surface area contributed by atoms with E-state index in [-0.39, 0.29) is 11.8 Å². The normalized spacial score (nSPS) is 18.6. The van der Waals surface area contributed by atoms with Gasteiger partial charge in [-0.15, -0.1) is 0 Å². The molecule has 0 N–H and O–H groups in total. The number of piperidine rings is 1. The Kier molecular flexibility index (Phi) is 7.85. The van der Waals surface area contributed by atoms with Crippen LogP contribution in [0.15, 0.2) is 71.2 Å². The fourth-order valence-electron chi connectivity index (χ4n) is 5.82. The first-order chi connectivity index (χ1) is 19.0. The molecule has 1 atom stereocenters. The van der Waals surface area contributed by atoms with Gasteiger partial charge in [-0.25, -0.2) is 4.98 Å². The van der Waals surface area contributed by atoms with Crippen LogP contribution in [0.2, 0.25) is 10.0 Å². The van der Waals surface area contributed by atoms with Gasteiger partial charge in [0.15, 0.2) is 0 Å². The number of anilines is 1. The SMILES string of the molecule is O=C([C@@H]1CCCN(Cc2nc3ccccc3n2-c2ccc(Br)cc2)C1)N1CCN(c2cc(Cl)ccc2Cl)CC1. The van der Waals surface area contributed by atoms with Crippen molar-refractivity contribution in [2.75, 3.05) is 44.2 Å². The molecule has 1 amide bonds. The maximum absolute atomic E-state index is 13.6. The summed E-state index contributed by atoms with van der Waals surface area (Å²) in [6.07, 6.45) is 1.94. The average Bonchev–Trinajstić information content (AvgIpc) is 3.32. The number of carbonyl (C=O) groups is 1. The van der Waals surface area contributed by atoms with Crippen molar-refractivity contribution in [2.24, 2.45) is 5.92 Å². The molecule has 2 saturated heterocycles. The highest BCUT2D eigenvalue weighted by Gasteiger charge is 2.32. The third kappa shape index (κ3) is 5.68. The molecule has 0 radical (unpaired) electrons. The molecule has 3 aromatic carbocycles. The van der Waals surface area contributed by atoms with Crippen molar-refractivity contribution in [3.05, 3.63) is 87.1 Å². The molecule has 0 unspecified atom stereocenters. The lowest BCUT2D eigenvalue weighted by Gasteiger charge is -2.40. The summed E-state index contributed by atoms with van der Waals surface area (Å²) in [5.74, 6) is 1.27. The van der Waals surface area contributed by atoms with Gasteiger partial charge < -0.3 is 9.80 Å². The number of benzene rings is 3. The van der Waals surface area contributed by atoms with Gasteiger partial charge in [-0.05, 0) is 74.0 Å². The molecule has 6 nitrogen and oxygen atoms in total. The lowest BCUT2D eigenvalue weighted by molar-refractivity contribution is -0.137. The minimum Gasteiger partial charge on any atom is -0.367 e. The number of amides is 1. The molecule has 3 heterocycles. The third-order valence-electron chi connectivity index (χ3n) is 7.78. The van der Waals surface area contributed by atoms with Crippen molar-refractivity contribution in [3.8, 4) is 5.69 Å². The van der Waals surface area contributed by atoms with Gasteiger partial charge in [0.1, 0.15) is 5.82 Å². The number of para-hydroxylation sites is 2. The molecule has 6 rings (SSSR count). The van der Waals surface area contributed by atoms with Gasteiger partial charge in [0, 0.05) is 47.9 Å². The number of likely N-dealkylation sites (tertiary alicyclic amines) is 1. The van der Waals surface area contributed by atoms with E-state index in [0.717, 1.165) is 71.7 Å². The summed E-state index contributed by atoms with van der Waals surface area (Å²) in [6, 6.07) is 22.1. The second kappa shape index (κ2) is 11.5. The molecule has 2 aliphatic rings. The van der Waals surface area contributed by atoms with Crippen LogP contribution in [0.3, 0.4) is 0 Å². The Labute approximate surface area is 247 Å². The van der Waals surface area contributed by atoms with E-state index in [1.165, 1.54) is 0 Å². The molecule has 0 aliphatic carbocycles. The topological polar surface area (TPSA) is 44.6 Å². The zero-order valence-corrected chi connectivity index (χ0v) is 24.7. The molecule has 9 heteroatoms. The molecular weight excluding hydrogens is 597 g/mol. The van der Waals surface area contributed by atoms with Crippen molar-refractivity contribution in [3.63, 3.8) is 0 Å². The first-order valence-electron chi connectivity index (χ1n) is 13.4. The van der Waals surface area contributed by atoms with Gasteiger partial charge in [0.25, 0.3) is 0 Å². The molecule has 0 saturated carbocycles. The van der Waals surface area contributed by atoms with Crippen LogP contribution in [-0.2, 0) is 11.3 Å². The number of rotatable bonds is 5. The molecule has 2 aliphatic heterocycles. The van der Waals surface area contributed by atoms with Crippen molar-refractivity contribution in [2.45, 2.75) is 19.4 Å². The van der Waals surface area contributed by atoms with Crippen LogP contribution < -0.4 is 4.90 Å². The third-order valence-corrected chi connectivity index (χ3v) is 8.86. The van der Waals surface area contributed by atoms with Crippen molar-refractivity contribution in [1.29, 1.82) is 0 Å². The van der Waals surface area contributed by atoms with Gasteiger partial charge in [-0.1, -0.05) is 51.3 Å². The Morgan fingerprint density at radius 1 is 0.949 bits per heavy atom. The second-order valence-corrected chi connectivity index (χ2v) is 12.1. The van der Waals surface area contributed by atoms with E-state index in [9.17, 15) is 4.79 Å². The number of piperazine rings is 1. The van der Waals surface area contributed by atoms with Gasteiger partial charge in [-0.2, -0.15) is 0 Å². The smallest absolute Gasteiger partial charge is 0.227 e. The standard InChI is InChI=1S/C30H30BrCl2N5O/c31-22-7-10-24(11-8-22)38-27-6-2-1-5-26(27)34-29(38)20-35-13-3-4-21(19-35)30(39)37-16-14-36(15-17-37)28-18-23(32)9-12-25(28)33/h1-2,5-12,18,21H,3-4,13-17,19-20H2/t21-/m1/s1. The van der Waals surface area contributed by atoms with Crippen molar-refractivity contribution >= 4 is 61.8 Å². The second-order valence-electron chi connectivity index (χ2n) is 10.3.